The fourth-order valence-electron chi connectivity index (χ4n) is 1.25. The largest absolute Gasteiger partial charge is 0.315 e. The quantitative estimate of drug-likeness (QED) is 0.602. The highest BCUT2D eigenvalue weighted by Gasteiger charge is 2.04. The molecule has 0 spiro atoms. The minimum atomic E-state index is -0.0645. The van der Waals surface area contributed by atoms with Gasteiger partial charge in [0.25, 0.3) is 0 Å². The number of carbonyl (C=O) groups is 1. The van der Waals surface area contributed by atoms with Gasteiger partial charge >= 0.3 is 0 Å². The number of hydrogen-bond donors (Lipinski definition) is 2. The van der Waals surface area contributed by atoms with Crippen LogP contribution in [-0.2, 0) is 4.79 Å². The Morgan fingerprint density at radius 1 is 1.53 bits per heavy atom. The molecule has 2 N–H and O–H groups in total. The average Bonchev–Trinajstić information content (AvgIpc) is 2.24. The van der Waals surface area contributed by atoms with E-state index in [0.717, 1.165) is 13.0 Å². The van der Waals surface area contributed by atoms with E-state index in [1.807, 2.05) is 0 Å². The standard InChI is InChI=1S/C11H17ClN4O/c1-8(2)13-6-3-4-10(17)15-9-5-7-14-11(12)16-9/h5,7-8,13H,3-4,6H2,1-2H3,(H,14,15,16,17). The monoisotopic (exact) mass is 256 g/mol. The minimum absolute atomic E-state index is 0.0645. The van der Waals surface area contributed by atoms with Gasteiger partial charge in [-0.1, -0.05) is 13.8 Å². The number of nitrogens with one attached hydrogen (secondary N) is 2. The molecule has 0 saturated carbocycles. The lowest BCUT2D eigenvalue weighted by Crippen LogP contribution is -2.24. The predicted octanol–water partition coefficient (Wildman–Crippen LogP) is 1.85. The van der Waals surface area contributed by atoms with E-state index in [9.17, 15) is 4.79 Å². The second-order valence-corrected chi connectivity index (χ2v) is 4.31. The van der Waals surface area contributed by atoms with Crippen molar-refractivity contribution < 1.29 is 4.79 Å². The molecule has 1 amide bonds. The first kappa shape index (κ1) is 13.9. The van der Waals surface area contributed by atoms with E-state index >= 15 is 0 Å². The van der Waals surface area contributed by atoms with Crippen molar-refractivity contribution in [3.05, 3.63) is 17.5 Å². The first-order valence-electron chi connectivity index (χ1n) is 5.59. The van der Waals surface area contributed by atoms with Crippen molar-refractivity contribution in [1.29, 1.82) is 0 Å². The predicted molar refractivity (Wildman–Crippen MR) is 68.0 cm³/mol. The third-order valence-electron chi connectivity index (χ3n) is 2.03. The molecule has 1 aromatic rings. The van der Waals surface area contributed by atoms with Crippen LogP contribution in [0.4, 0.5) is 5.82 Å². The Bertz CT molecular complexity index is 370. The molecule has 1 rings (SSSR count). The van der Waals surface area contributed by atoms with E-state index in [2.05, 4.69) is 34.4 Å². The Kier molecular flexibility index (Phi) is 5.86. The fraction of sp³-hybridized carbons (Fsp3) is 0.545. The summed E-state index contributed by atoms with van der Waals surface area (Å²) in [7, 11) is 0. The van der Waals surface area contributed by atoms with Gasteiger partial charge in [-0.3, -0.25) is 4.79 Å². The molecule has 17 heavy (non-hydrogen) atoms. The summed E-state index contributed by atoms with van der Waals surface area (Å²) < 4.78 is 0. The van der Waals surface area contributed by atoms with Gasteiger partial charge in [0.1, 0.15) is 5.82 Å². The number of carbonyl (C=O) groups excluding carboxylic acids is 1. The maximum absolute atomic E-state index is 11.5. The van der Waals surface area contributed by atoms with Crippen LogP contribution < -0.4 is 10.6 Å². The Morgan fingerprint density at radius 3 is 2.94 bits per heavy atom. The summed E-state index contributed by atoms with van der Waals surface area (Å²) in [5.74, 6) is 0.372. The molecule has 0 atom stereocenters. The molecule has 0 unspecified atom stereocenters. The van der Waals surface area contributed by atoms with Gasteiger partial charge in [0, 0.05) is 18.7 Å². The molecule has 0 fully saturated rings. The van der Waals surface area contributed by atoms with Gasteiger partial charge in [0.2, 0.25) is 11.2 Å². The molecule has 5 nitrogen and oxygen atoms in total. The molecule has 0 bridgehead atoms. The number of nitrogens with zero attached hydrogens (tertiary/aromatic N) is 2. The van der Waals surface area contributed by atoms with Crippen LogP contribution in [-0.4, -0.2) is 28.5 Å². The minimum Gasteiger partial charge on any atom is -0.315 e. The van der Waals surface area contributed by atoms with E-state index in [-0.39, 0.29) is 11.2 Å². The second-order valence-electron chi connectivity index (χ2n) is 3.97. The van der Waals surface area contributed by atoms with Gasteiger partial charge in [-0.15, -0.1) is 0 Å². The highest BCUT2D eigenvalue weighted by Crippen LogP contribution is 2.06. The Balaban J connectivity index is 2.25. The molecule has 0 aromatic carbocycles. The first-order chi connectivity index (χ1) is 8.08. The van der Waals surface area contributed by atoms with Crippen LogP contribution in [0.3, 0.4) is 0 Å². The Labute approximate surface area is 106 Å². The summed E-state index contributed by atoms with van der Waals surface area (Å²) in [4.78, 5) is 19.1. The van der Waals surface area contributed by atoms with Gasteiger partial charge in [0.05, 0.1) is 0 Å². The molecule has 0 aliphatic carbocycles. The molecule has 0 saturated heterocycles. The number of amides is 1. The normalized spacial score (nSPS) is 10.6. The van der Waals surface area contributed by atoms with Crippen molar-refractivity contribution in [2.24, 2.45) is 0 Å². The van der Waals surface area contributed by atoms with E-state index < -0.39 is 0 Å². The van der Waals surface area contributed by atoms with E-state index in [1.165, 1.54) is 6.20 Å². The summed E-state index contributed by atoms with van der Waals surface area (Å²) in [6, 6.07) is 2.05. The van der Waals surface area contributed by atoms with Crippen molar-refractivity contribution in [3.8, 4) is 0 Å². The summed E-state index contributed by atoms with van der Waals surface area (Å²) in [5, 5.41) is 6.04. The average molecular weight is 257 g/mol. The second kappa shape index (κ2) is 7.19. The summed E-state index contributed by atoms with van der Waals surface area (Å²) in [6.07, 6.45) is 2.76. The highest BCUT2D eigenvalue weighted by atomic mass is 35.5. The Morgan fingerprint density at radius 2 is 2.29 bits per heavy atom. The van der Waals surface area contributed by atoms with Crippen LogP contribution in [0, 0.1) is 0 Å². The van der Waals surface area contributed by atoms with Crippen LogP contribution in [0.1, 0.15) is 26.7 Å². The van der Waals surface area contributed by atoms with Gasteiger partial charge < -0.3 is 10.6 Å². The number of rotatable bonds is 6. The van der Waals surface area contributed by atoms with Crippen LogP contribution >= 0.6 is 11.6 Å². The van der Waals surface area contributed by atoms with Crippen LogP contribution in [0.25, 0.3) is 0 Å². The zero-order valence-electron chi connectivity index (χ0n) is 10.0. The molecule has 6 heteroatoms. The molecule has 0 aliphatic rings. The molecular weight excluding hydrogens is 240 g/mol. The number of anilines is 1. The number of halogens is 1. The zero-order valence-corrected chi connectivity index (χ0v) is 10.8. The molecule has 94 valence electrons. The zero-order chi connectivity index (χ0) is 12.7. The summed E-state index contributed by atoms with van der Waals surface area (Å²) in [5.41, 5.74) is 0. The molecule has 1 aromatic heterocycles. The smallest absolute Gasteiger partial charge is 0.225 e. The van der Waals surface area contributed by atoms with Gasteiger partial charge in [0.15, 0.2) is 0 Å². The molecule has 0 radical (unpaired) electrons. The van der Waals surface area contributed by atoms with Gasteiger partial charge in [-0.25, -0.2) is 9.97 Å². The fourth-order valence-corrected chi connectivity index (χ4v) is 1.40. The van der Waals surface area contributed by atoms with Crippen LogP contribution in [0.15, 0.2) is 12.3 Å². The van der Waals surface area contributed by atoms with E-state index in [0.29, 0.717) is 18.3 Å². The molecule has 1 heterocycles. The lowest BCUT2D eigenvalue weighted by atomic mass is 10.2. The van der Waals surface area contributed by atoms with E-state index in [1.54, 1.807) is 6.07 Å². The Hall–Kier alpha value is -1.20. The third-order valence-corrected chi connectivity index (χ3v) is 2.21. The summed E-state index contributed by atoms with van der Waals surface area (Å²) >= 11 is 5.61. The maximum Gasteiger partial charge on any atom is 0.225 e. The van der Waals surface area contributed by atoms with Crippen molar-refractivity contribution in [2.45, 2.75) is 32.7 Å². The van der Waals surface area contributed by atoms with Gasteiger partial charge in [-0.05, 0) is 30.6 Å². The lowest BCUT2D eigenvalue weighted by Gasteiger charge is -2.07. The van der Waals surface area contributed by atoms with Crippen LogP contribution in [0.5, 0.6) is 0 Å². The van der Waals surface area contributed by atoms with Crippen molar-refractivity contribution in [1.82, 2.24) is 15.3 Å². The van der Waals surface area contributed by atoms with Crippen molar-refractivity contribution in [3.63, 3.8) is 0 Å². The molecular formula is C11H17ClN4O. The van der Waals surface area contributed by atoms with E-state index in [4.69, 9.17) is 11.6 Å². The van der Waals surface area contributed by atoms with Crippen molar-refractivity contribution >= 4 is 23.3 Å². The first-order valence-corrected chi connectivity index (χ1v) is 5.97. The lowest BCUT2D eigenvalue weighted by molar-refractivity contribution is -0.116. The van der Waals surface area contributed by atoms with Crippen LogP contribution in [0.2, 0.25) is 5.28 Å². The summed E-state index contributed by atoms with van der Waals surface area (Å²) in [6.45, 7) is 4.97. The number of aromatic nitrogens is 2. The van der Waals surface area contributed by atoms with Gasteiger partial charge in [-0.2, -0.15) is 0 Å². The maximum atomic E-state index is 11.5. The molecule has 0 aliphatic heterocycles. The number of hydrogen-bond acceptors (Lipinski definition) is 4. The van der Waals surface area contributed by atoms with Crippen molar-refractivity contribution in [2.75, 3.05) is 11.9 Å². The SMILES string of the molecule is CC(C)NCCCC(=O)Nc1ccnc(Cl)n1. The third kappa shape index (κ3) is 6.19. The highest BCUT2D eigenvalue weighted by molar-refractivity contribution is 6.28. The topological polar surface area (TPSA) is 66.9 Å².